The van der Waals surface area contributed by atoms with Crippen LogP contribution in [0.3, 0.4) is 0 Å². The Morgan fingerprint density at radius 3 is 2.71 bits per heavy atom. The van der Waals surface area contributed by atoms with Gasteiger partial charge in [0, 0.05) is 37.2 Å². The number of hydrogen-bond acceptors (Lipinski definition) is 2. The van der Waals surface area contributed by atoms with Crippen LogP contribution in [0.5, 0.6) is 0 Å². The monoisotopic (exact) mass is 328 g/mol. The van der Waals surface area contributed by atoms with E-state index in [0.29, 0.717) is 19.0 Å². The Bertz CT molecular complexity index is 761. The van der Waals surface area contributed by atoms with Crippen molar-refractivity contribution in [1.82, 2.24) is 9.47 Å². The van der Waals surface area contributed by atoms with E-state index < -0.39 is 5.97 Å². The molecule has 1 amide bonds. The average Bonchev–Trinajstić information content (AvgIpc) is 3.33. The van der Waals surface area contributed by atoms with Crippen molar-refractivity contribution >= 4 is 22.8 Å². The van der Waals surface area contributed by atoms with Crippen molar-refractivity contribution in [2.24, 2.45) is 13.0 Å². The minimum atomic E-state index is -0.860. The molecular formula is C19H24N2O3. The van der Waals surface area contributed by atoms with Gasteiger partial charge in [-0.3, -0.25) is 9.59 Å². The van der Waals surface area contributed by atoms with Crippen molar-refractivity contribution in [2.45, 2.75) is 32.1 Å². The van der Waals surface area contributed by atoms with Crippen molar-refractivity contribution in [1.29, 1.82) is 0 Å². The molecule has 1 atom stereocenters. The van der Waals surface area contributed by atoms with Gasteiger partial charge >= 0.3 is 5.97 Å². The van der Waals surface area contributed by atoms with E-state index in [1.165, 1.54) is 0 Å². The van der Waals surface area contributed by atoms with Gasteiger partial charge in [0.1, 0.15) is 0 Å². The van der Waals surface area contributed by atoms with Crippen molar-refractivity contribution in [3.8, 4) is 0 Å². The van der Waals surface area contributed by atoms with Gasteiger partial charge in [0.25, 0.3) is 0 Å². The van der Waals surface area contributed by atoms with Gasteiger partial charge in [0.15, 0.2) is 0 Å². The molecular weight excluding hydrogens is 304 g/mol. The molecule has 1 unspecified atom stereocenters. The fourth-order valence-corrected chi connectivity index (χ4v) is 3.26. The highest BCUT2D eigenvalue weighted by molar-refractivity contribution is 5.92. The summed E-state index contributed by atoms with van der Waals surface area (Å²) < 4.78 is 2.04. The van der Waals surface area contributed by atoms with E-state index in [1.54, 1.807) is 4.90 Å². The maximum absolute atomic E-state index is 13.0. The molecule has 1 heterocycles. The lowest BCUT2D eigenvalue weighted by Gasteiger charge is -2.25. The van der Waals surface area contributed by atoms with Crippen molar-refractivity contribution in [3.05, 3.63) is 36.0 Å². The summed E-state index contributed by atoms with van der Waals surface area (Å²) in [5.74, 6) is -0.563. The SMILES string of the molecule is CC(C(=O)N(CCC(=O)O)CC1CC1)c1cn(C)c2ccccc12. The Morgan fingerprint density at radius 2 is 2.04 bits per heavy atom. The summed E-state index contributed by atoms with van der Waals surface area (Å²) in [6.07, 6.45) is 4.29. The highest BCUT2D eigenvalue weighted by Crippen LogP contribution is 2.32. The van der Waals surface area contributed by atoms with Crippen LogP contribution in [0.4, 0.5) is 0 Å². The van der Waals surface area contributed by atoms with Crippen LogP contribution in [-0.4, -0.2) is 39.5 Å². The van der Waals surface area contributed by atoms with Crippen LogP contribution >= 0.6 is 0 Å². The van der Waals surface area contributed by atoms with Crippen molar-refractivity contribution in [3.63, 3.8) is 0 Å². The second-order valence-corrected chi connectivity index (χ2v) is 6.81. The number of carbonyl (C=O) groups is 2. The molecule has 128 valence electrons. The topological polar surface area (TPSA) is 62.5 Å². The molecule has 1 aliphatic rings. The van der Waals surface area contributed by atoms with Crippen LogP contribution in [0.15, 0.2) is 30.5 Å². The van der Waals surface area contributed by atoms with Gasteiger partial charge in [-0.15, -0.1) is 0 Å². The molecule has 0 aliphatic heterocycles. The maximum atomic E-state index is 13.0. The number of hydrogen-bond donors (Lipinski definition) is 1. The van der Waals surface area contributed by atoms with Gasteiger partial charge in [-0.05, 0) is 37.3 Å². The van der Waals surface area contributed by atoms with Crippen molar-refractivity contribution in [2.75, 3.05) is 13.1 Å². The second-order valence-electron chi connectivity index (χ2n) is 6.81. The van der Waals surface area contributed by atoms with E-state index >= 15 is 0 Å². The molecule has 0 bridgehead atoms. The summed E-state index contributed by atoms with van der Waals surface area (Å²) in [6, 6.07) is 8.06. The molecule has 0 saturated heterocycles. The van der Waals surface area contributed by atoms with E-state index in [1.807, 2.05) is 49.0 Å². The standard InChI is InChI=1S/C19H24N2O3/c1-13(16-12-20(2)17-6-4-3-5-15(16)17)19(24)21(10-9-18(22)23)11-14-7-8-14/h3-6,12-14H,7-11H2,1-2H3,(H,22,23). The molecule has 1 fully saturated rings. The number of carboxylic acids is 1. The highest BCUT2D eigenvalue weighted by Gasteiger charge is 2.30. The zero-order chi connectivity index (χ0) is 17.3. The molecule has 5 nitrogen and oxygen atoms in total. The van der Waals surface area contributed by atoms with E-state index in [0.717, 1.165) is 29.3 Å². The molecule has 2 aromatic rings. The first-order valence-electron chi connectivity index (χ1n) is 8.52. The molecule has 1 saturated carbocycles. The fraction of sp³-hybridized carbons (Fsp3) is 0.474. The van der Waals surface area contributed by atoms with Crippen LogP contribution in [0.25, 0.3) is 10.9 Å². The number of fused-ring (bicyclic) bond motifs is 1. The lowest BCUT2D eigenvalue weighted by atomic mass is 9.98. The number of amides is 1. The third kappa shape index (κ3) is 3.45. The normalized spacial score (nSPS) is 15.4. The Hall–Kier alpha value is -2.30. The summed E-state index contributed by atoms with van der Waals surface area (Å²) >= 11 is 0. The number of aliphatic carboxylic acids is 1. The fourth-order valence-electron chi connectivity index (χ4n) is 3.26. The Labute approximate surface area is 141 Å². The first-order chi connectivity index (χ1) is 11.5. The first kappa shape index (κ1) is 16.6. The van der Waals surface area contributed by atoms with Crippen LogP contribution in [0, 0.1) is 5.92 Å². The summed E-state index contributed by atoms with van der Waals surface area (Å²) in [7, 11) is 1.98. The number of aromatic nitrogens is 1. The summed E-state index contributed by atoms with van der Waals surface area (Å²) in [4.78, 5) is 25.6. The summed E-state index contributed by atoms with van der Waals surface area (Å²) in [5, 5.41) is 10.0. The summed E-state index contributed by atoms with van der Waals surface area (Å²) in [6.45, 7) is 2.89. The average molecular weight is 328 g/mol. The predicted octanol–water partition coefficient (Wildman–Crippen LogP) is 3.00. The molecule has 0 radical (unpaired) electrons. The van der Waals surface area contributed by atoms with Gasteiger partial charge in [0.2, 0.25) is 5.91 Å². The zero-order valence-corrected chi connectivity index (χ0v) is 14.2. The zero-order valence-electron chi connectivity index (χ0n) is 14.2. The second kappa shape index (κ2) is 6.67. The van der Waals surface area contributed by atoms with Gasteiger partial charge < -0.3 is 14.6 Å². The Balaban J connectivity index is 1.83. The number of aryl methyl sites for hydroxylation is 1. The molecule has 1 N–H and O–H groups in total. The lowest BCUT2D eigenvalue weighted by Crippen LogP contribution is -2.37. The molecule has 3 rings (SSSR count). The van der Waals surface area contributed by atoms with Crippen LogP contribution in [-0.2, 0) is 16.6 Å². The minimum Gasteiger partial charge on any atom is -0.481 e. The Morgan fingerprint density at radius 1 is 1.33 bits per heavy atom. The van der Waals surface area contributed by atoms with Crippen LogP contribution in [0.2, 0.25) is 0 Å². The predicted molar refractivity (Wildman–Crippen MR) is 92.9 cm³/mol. The first-order valence-corrected chi connectivity index (χ1v) is 8.52. The molecule has 24 heavy (non-hydrogen) atoms. The number of para-hydroxylation sites is 1. The van der Waals surface area contributed by atoms with Crippen LogP contribution in [0.1, 0.15) is 37.7 Å². The van der Waals surface area contributed by atoms with Crippen molar-refractivity contribution < 1.29 is 14.7 Å². The van der Waals surface area contributed by atoms with Gasteiger partial charge in [0.05, 0.1) is 12.3 Å². The molecule has 1 aliphatic carbocycles. The highest BCUT2D eigenvalue weighted by atomic mass is 16.4. The smallest absolute Gasteiger partial charge is 0.305 e. The number of nitrogens with zero attached hydrogens (tertiary/aromatic N) is 2. The van der Waals surface area contributed by atoms with E-state index in [2.05, 4.69) is 0 Å². The minimum absolute atomic E-state index is 0.000712. The van der Waals surface area contributed by atoms with E-state index in [4.69, 9.17) is 5.11 Å². The number of carboxylic acid groups (broad SMARTS) is 1. The third-order valence-electron chi connectivity index (χ3n) is 4.85. The van der Waals surface area contributed by atoms with Gasteiger partial charge in [-0.2, -0.15) is 0 Å². The molecule has 1 aromatic carbocycles. The molecule has 5 heteroatoms. The lowest BCUT2D eigenvalue weighted by molar-refractivity contribution is -0.139. The van der Waals surface area contributed by atoms with Crippen LogP contribution < -0.4 is 0 Å². The maximum Gasteiger partial charge on any atom is 0.305 e. The third-order valence-corrected chi connectivity index (χ3v) is 4.85. The van der Waals surface area contributed by atoms with Gasteiger partial charge in [-0.25, -0.2) is 0 Å². The largest absolute Gasteiger partial charge is 0.481 e. The van der Waals surface area contributed by atoms with Gasteiger partial charge in [-0.1, -0.05) is 18.2 Å². The van der Waals surface area contributed by atoms with E-state index in [9.17, 15) is 9.59 Å². The number of rotatable bonds is 7. The summed E-state index contributed by atoms with van der Waals surface area (Å²) in [5.41, 5.74) is 2.11. The molecule has 1 aromatic heterocycles. The van der Waals surface area contributed by atoms with E-state index in [-0.39, 0.29) is 18.2 Å². The quantitative estimate of drug-likeness (QED) is 0.850. The number of carbonyl (C=O) groups excluding carboxylic acids is 1. The number of benzene rings is 1. The Kier molecular flexibility index (Phi) is 4.60. The molecule has 0 spiro atoms.